The van der Waals surface area contributed by atoms with Gasteiger partial charge in [-0.2, -0.15) is 16.8 Å². The molecule has 14 heteroatoms. The largest absolute Gasteiger partial charge is 0.353 e. The van der Waals surface area contributed by atoms with E-state index < -0.39 is 64.1 Å². The topological polar surface area (TPSA) is 223 Å². The minimum atomic E-state index is -5.52. The van der Waals surface area contributed by atoms with E-state index in [2.05, 4.69) is 10.3 Å². The van der Waals surface area contributed by atoms with Crippen LogP contribution in [0.3, 0.4) is 0 Å². The molecule has 0 spiro atoms. The number of hydrogen-bond donors (Lipinski definition) is 6. The summed E-state index contributed by atoms with van der Waals surface area (Å²) in [6.45, 7) is 0. The summed E-state index contributed by atoms with van der Waals surface area (Å²) in [6.07, 6.45) is 4.00. The van der Waals surface area contributed by atoms with Crippen LogP contribution in [0.2, 0.25) is 0 Å². The van der Waals surface area contributed by atoms with Crippen molar-refractivity contribution >= 4 is 59.4 Å². The minimum absolute atomic E-state index is 0.0284. The Morgan fingerprint density at radius 3 is 2.15 bits per heavy atom. The number of nitrogens with one attached hydrogen (secondary N) is 2. The number of anilines is 1. The van der Waals surface area contributed by atoms with Crippen LogP contribution in [0.25, 0.3) is 21.8 Å². The summed E-state index contributed by atoms with van der Waals surface area (Å²) in [4.78, 5) is 27.5. The van der Waals surface area contributed by atoms with Crippen LogP contribution in [0.15, 0.2) is 88.2 Å². The summed E-state index contributed by atoms with van der Waals surface area (Å²) in [5.74, 6) is -1.78. The molecule has 0 radical (unpaired) electrons. The number of carbonyl (C=O) groups excluding carboxylic acids is 2. The summed E-state index contributed by atoms with van der Waals surface area (Å²) in [6, 6.07) is 13.9. The SMILES string of the molecule is NC1(N)C=CC=C(C(=O)Nc2c(S(=O)(=O)O)c(S(=O)(=O)O)c3[nH]c4ccccc4c3c2C(=O)c2ccccc2)C1. The maximum absolute atomic E-state index is 14.0. The summed E-state index contributed by atoms with van der Waals surface area (Å²) < 4.78 is 71.4. The molecule has 0 aliphatic heterocycles. The van der Waals surface area contributed by atoms with Gasteiger partial charge in [-0.05, 0) is 6.07 Å². The quantitative estimate of drug-likeness (QED) is 0.111. The van der Waals surface area contributed by atoms with Gasteiger partial charge in [0.05, 0.1) is 22.4 Å². The second-order valence-electron chi connectivity index (χ2n) is 9.27. The molecule has 1 heterocycles. The number of ketones is 1. The number of aromatic amines is 1. The molecule has 0 atom stereocenters. The maximum Gasteiger partial charge on any atom is 0.298 e. The van der Waals surface area contributed by atoms with Crippen LogP contribution < -0.4 is 16.8 Å². The molecular weight excluding hydrogens is 560 g/mol. The van der Waals surface area contributed by atoms with Gasteiger partial charge in [0.25, 0.3) is 26.1 Å². The van der Waals surface area contributed by atoms with E-state index in [4.69, 9.17) is 11.5 Å². The van der Waals surface area contributed by atoms with Crippen molar-refractivity contribution in [1.29, 1.82) is 0 Å². The van der Waals surface area contributed by atoms with Gasteiger partial charge < -0.3 is 21.8 Å². The smallest absolute Gasteiger partial charge is 0.298 e. The summed E-state index contributed by atoms with van der Waals surface area (Å²) in [7, 11) is -10.9. The van der Waals surface area contributed by atoms with E-state index in [1.54, 1.807) is 30.3 Å². The van der Waals surface area contributed by atoms with Crippen molar-refractivity contribution in [3.05, 3.63) is 89.5 Å². The van der Waals surface area contributed by atoms with E-state index in [0.717, 1.165) is 0 Å². The van der Waals surface area contributed by atoms with Crippen LogP contribution >= 0.6 is 0 Å². The molecule has 0 saturated carbocycles. The number of fused-ring (bicyclic) bond motifs is 3. The van der Waals surface area contributed by atoms with Crippen molar-refractivity contribution in [2.24, 2.45) is 11.5 Å². The molecule has 0 unspecified atom stereocenters. The molecule has 4 aromatic rings. The minimum Gasteiger partial charge on any atom is -0.353 e. The number of benzene rings is 3. The Hall–Kier alpha value is -4.18. The molecular formula is C26H22N4O8S2. The molecule has 1 aliphatic rings. The van der Waals surface area contributed by atoms with Crippen molar-refractivity contribution in [3.63, 3.8) is 0 Å². The third kappa shape index (κ3) is 4.83. The van der Waals surface area contributed by atoms with Gasteiger partial charge in [0.1, 0.15) is 9.79 Å². The summed E-state index contributed by atoms with van der Waals surface area (Å²) >= 11 is 0. The number of amides is 1. The van der Waals surface area contributed by atoms with Gasteiger partial charge >= 0.3 is 0 Å². The average molecular weight is 583 g/mol. The Morgan fingerprint density at radius 1 is 0.900 bits per heavy atom. The van der Waals surface area contributed by atoms with Gasteiger partial charge in [-0.25, -0.2) is 0 Å². The number of aromatic nitrogens is 1. The number of nitrogens with two attached hydrogens (primary N) is 2. The first-order valence-corrected chi connectivity index (χ1v) is 14.5. The van der Waals surface area contributed by atoms with Crippen molar-refractivity contribution in [3.8, 4) is 0 Å². The number of para-hydroxylation sites is 1. The highest BCUT2D eigenvalue weighted by Crippen LogP contribution is 2.44. The highest BCUT2D eigenvalue weighted by molar-refractivity contribution is 7.89. The van der Waals surface area contributed by atoms with E-state index in [1.807, 2.05) is 0 Å². The molecule has 1 aliphatic carbocycles. The van der Waals surface area contributed by atoms with Gasteiger partial charge in [-0.15, -0.1) is 0 Å². The monoisotopic (exact) mass is 582 g/mol. The van der Waals surface area contributed by atoms with Crippen LogP contribution in [0, 0.1) is 0 Å². The van der Waals surface area contributed by atoms with Crippen LogP contribution in [0.4, 0.5) is 5.69 Å². The average Bonchev–Trinajstić information content (AvgIpc) is 3.25. The summed E-state index contributed by atoms with van der Waals surface area (Å²) in [5, 5.41) is 2.47. The highest BCUT2D eigenvalue weighted by Gasteiger charge is 2.38. The summed E-state index contributed by atoms with van der Waals surface area (Å²) in [5.41, 5.74) is 8.99. The Labute approximate surface area is 227 Å². The molecule has 3 aromatic carbocycles. The molecule has 0 fully saturated rings. The Bertz CT molecular complexity index is 2010. The predicted molar refractivity (Wildman–Crippen MR) is 147 cm³/mol. The maximum atomic E-state index is 14.0. The highest BCUT2D eigenvalue weighted by atomic mass is 32.2. The van der Waals surface area contributed by atoms with Crippen molar-refractivity contribution in [2.75, 3.05) is 5.32 Å². The molecule has 206 valence electrons. The fraction of sp³-hybridized carbons (Fsp3) is 0.0769. The normalized spacial score (nSPS) is 15.2. The van der Waals surface area contributed by atoms with Crippen LogP contribution in [0.5, 0.6) is 0 Å². The van der Waals surface area contributed by atoms with E-state index in [1.165, 1.54) is 42.5 Å². The zero-order valence-corrected chi connectivity index (χ0v) is 22.1. The van der Waals surface area contributed by atoms with E-state index in [0.29, 0.717) is 0 Å². The Balaban J connectivity index is 1.96. The first kappa shape index (κ1) is 27.4. The second kappa shape index (κ2) is 9.48. The zero-order valence-electron chi connectivity index (χ0n) is 20.5. The zero-order chi connectivity index (χ0) is 29.0. The number of carbonyl (C=O) groups is 2. The lowest BCUT2D eigenvalue weighted by atomic mass is 9.94. The van der Waals surface area contributed by atoms with Crippen LogP contribution in [-0.4, -0.2) is 48.3 Å². The molecule has 8 N–H and O–H groups in total. The fourth-order valence-electron chi connectivity index (χ4n) is 4.75. The van der Waals surface area contributed by atoms with E-state index >= 15 is 0 Å². The van der Waals surface area contributed by atoms with Crippen molar-refractivity contribution < 1.29 is 35.5 Å². The lowest BCUT2D eigenvalue weighted by Gasteiger charge is -2.25. The number of hydrogen-bond acceptors (Lipinski definition) is 8. The Morgan fingerprint density at radius 2 is 1.52 bits per heavy atom. The van der Waals surface area contributed by atoms with Crippen LogP contribution in [-0.2, 0) is 25.0 Å². The fourth-order valence-corrected chi connectivity index (χ4v) is 6.88. The standard InChI is InChI=1S/C26H22N4O8S2/c27-26(28)12-6-9-15(13-26)25(32)30-21-19(22(31)14-7-2-1-3-8-14)18-16-10-4-5-11-17(16)29-20(18)23(39(33,34)35)24(21)40(36,37)38/h1-12,29H,13,27-28H2,(H,30,32)(H,33,34,35)(H,36,37,38). The molecule has 1 aromatic heterocycles. The van der Waals surface area contributed by atoms with E-state index in [9.17, 15) is 35.5 Å². The molecule has 40 heavy (non-hydrogen) atoms. The van der Waals surface area contributed by atoms with Gasteiger partial charge in [-0.1, -0.05) is 66.8 Å². The molecule has 0 saturated heterocycles. The number of allylic oxidation sites excluding steroid dienone is 2. The predicted octanol–water partition coefficient (Wildman–Crippen LogP) is 2.48. The Kier molecular flexibility index (Phi) is 6.49. The van der Waals surface area contributed by atoms with Gasteiger partial charge in [-0.3, -0.25) is 18.7 Å². The van der Waals surface area contributed by atoms with Gasteiger partial charge in [0.2, 0.25) is 0 Å². The lowest BCUT2D eigenvalue weighted by molar-refractivity contribution is -0.113. The van der Waals surface area contributed by atoms with Crippen molar-refractivity contribution in [1.82, 2.24) is 4.98 Å². The number of H-pyrrole nitrogens is 1. The van der Waals surface area contributed by atoms with Crippen molar-refractivity contribution in [2.45, 2.75) is 21.9 Å². The number of rotatable bonds is 6. The van der Waals surface area contributed by atoms with Crippen LogP contribution in [0.1, 0.15) is 22.3 Å². The molecule has 1 amide bonds. The third-order valence-corrected chi connectivity index (χ3v) is 8.35. The third-order valence-electron chi connectivity index (χ3n) is 6.38. The molecule has 12 nitrogen and oxygen atoms in total. The lowest BCUT2D eigenvalue weighted by Crippen LogP contribution is -2.49. The van der Waals surface area contributed by atoms with Gasteiger partial charge in [0, 0.05) is 33.8 Å². The first-order valence-electron chi connectivity index (χ1n) is 11.6. The molecule has 5 rings (SSSR count). The van der Waals surface area contributed by atoms with Gasteiger partial charge in [0.15, 0.2) is 5.78 Å². The second-order valence-corrected chi connectivity index (χ2v) is 12.0. The first-order chi connectivity index (χ1) is 18.7. The van der Waals surface area contributed by atoms with E-state index in [-0.39, 0.29) is 33.8 Å². The molecule has 0 bridgehead atoms.